The number of fused-ring (bicyclic) bond motifs is 1. The summed E-state index contributed by atoms with van der Waals surface area (Å²) in [6.07, 6.45) is 7.14. The van der Waals surface area contributed by atoms with Gasteiger partial charge < -0.3 is 14.8 Å². The van der Waals surface area contributed by atoms with E-state index in [0.29, 0.717) is 64.8 Å². The summed E-state index contributed by atoms with van der Waals surface area (Å²) in [5.41, 5.74) is 1.95. The highest BCUT2D eigenvalue weighted by atomic mass is 35.5. The summed E-state index contributed by atoms with van der Waals surface area (Å²) in [5, 5.41) is 4.60. The first kappa shape index (κ1) is 23.6. The number of ether oxygens (including phenoxy) is 2. The maximum absolute atomic E-state index is 12.2. The molecular formula is C28H28ClN3O3. The van der Waals surface area contributed by atoms with Crippen LogP contribution in [-0.4, -0.2) is 30.5 Å². The molecule has 0 atom stereocenters. The van der Waals surface area contributed by atoms with E-state index < -0.39 is 0 Å². The number of carbonyl (C=O) groups is 1. The molecular weight excluding hydrogens is 462 g/mol. The third kappa shape index (κ3) is 5.93. The van der Waals surface area contributed by atoms with Gasteiger partial charge in [0.15, 0.2) is 0 Å². The predicted molar refractivity (Wildman–Crippen MR) is 137 cm³/mol. The molecule has 2 aliphatic rings. The van der Waals surface area contributed by atoms with Gasteiger partial charge in [-0.15, -0.1) is 0 Å². The summed E-state index contributed by atoms with van der Waals surface area (Å²) < 4.78 is 12.2. The van der Waals surface area contributed by atoms with E-state index >= 15 is 0 Å². The molecule has 1 aliphatic heterocycles. The van der Waals surface area contributed by atoms with Crippen LogP contribution >= 0.6 is 11.6 Å². The first-order valence-corrected chi connectivity index (χ1v) is 12.6. The standard InChI is InChI=1S/C28H28ClN3O3/c1-30-26-15-23-25(16-28(26)34-17-19-6-9-31-10-7-19)32-11-8-27(23)35-22-5-4-20(24(29)14-22)13-21(33)12-18-2-3-18/h4-5,8,11,14-16,18-19,31H,2-3,6-7,9-10,12-13,17H2. The molecule has 1 N–H and O–H groups in total. The summed E-state index contributed by atoms with van der Waals surface area (Å²) in [6, 6.07) is 10.8. The number of hydrogen-bond donors (Lipinski definition) is 1. The smallest absolute Gasteiger partial charge is 0.229 e. The number of hydrogen-bond acceptors (Lipinski definition) is 5. The maximum atomic E-state index is 12.2. The van der Waals surface area contributed by atoms with Crippen LogP contribution in [0.5, 0.6) is 17.2 Å². The van der Waals surface area contributed by atoms with Gasteiger partial charge in [-0.3, -0.25) is 9.78 Å². The van der Waals surface area contributed by atoms with E-state index in [4.69, 9.17) is 27.6 Å². The van der Waals surface area contributed by atoms with Gasteiger partial charge in [0.1, 0.15) is 23.0 Å². The normalized spacial score (nSPS) is 16.1. The van der Waals surface area contributed by atoms with Crippen molar-refractivity contribution in [3.63, 3.8) is 0 Å². The predicted octanol–water partition coefficient (Wildman–Crippen LogP) is 6.52. The molecule has 2 fully saturated rings. The molecule has 1 saturated carbocycles. The highest BCUT2D eigenvalue weighted by molar-refractivity contribution is 6.31. The molecule has 2 aromatic carbocycles. The molecule has 0 radical (unpaired) electrons. The van der Waals surface area contributed by atoms with Gasteiger partial charge in [-0.05, 0) is 86.5 Å². The Balaban J connectivity index is 1.33. The fourth-order valence-electron chi connectivity index (χ4n) is 4.48. The summed E-state index contributed by atoms with van der Waals surface area (Å²) in [6.45, 7) is 10.3. The van der Waals surface area contributed by atoms with E-state index in [1.54, 1.807) is 24.4 Å². The zero-order valence-corrected chi connectivity index (χ0v) is 20.3. The van der Waals surface area contributed by atoms with E-state index in [-0.39, 0.29) is 5.78 Å². The average molecular weight is 490 g/mol. The van der Waals surface area contributed by atoms with Crippen LogP contribution in [0.1, 0.15) is 37.7 Å². The maximum Gasteiger partial charge on any atom is 0.229 e. The van der Waals surface area contributed by atoms with Crippen molar-refractivity contribution in [3.8, 4) is 17.2 Å². The Kier molecular flexibility index (Phi) is 7.17. The number of rotatable bonds is 9. The molecule has 0 amide bonds. The third-order valence-corrected chi connectivity index (χ3v) is 7.04. The van der Waals surface area contributed by atoms with E-state index in [0.717, 1.165) is 49.7 Å². The number of Topliss-reactive ketones (excluding diaryl/α,β-unsaturated/α-hetero) is 1. The minimum atomic E-state index is 0.230. The van der Waals surface area contributed by atoms with Crippen molar-refractivity contribution in [2.24, 2.45) is 11.8 Å². The fourth-order valence-corrected chi connectivity index (χ4v) is 4.71. The molecule has 180 valence electrons. The Morgan fingerprint density at radius 2 is 1.91 bits per heavy atom. The van der Waals surface area contributed by atoms with E-state index in [9.17, 15) is 4.79 Å². The molecule has 1 aliphatic carbocycles. The molecule has 5 rings (SSSR count). The van der Waals surface area contributed by atoms with Gasteiger partial charge in [0.05, 0.1) is 18.7 Å². The Morgan fingerprint density at radius 3 is 2.66 bits per heavy atom. The molecule has 35 heavy (non-hydrogen) atoms. The van der Waals surface area contributed by atoms with E-state index in [1.165, 1.54) is 0 Å². The zero-order chi connectivity index (χ0) is 24.2. The second-order valence-electron chi connectivity index (χ2n) is 9.48. The van der Waals surface area contributed by atoms with Crippen molar-refractivity contribution in [3.05, 3.63) is 64.6 Å². The minimum absolute atomic E-state index is 0.230. The third-order valence-electron chi connectivity index (χ3n) is 6.69. The summed E-state index contributed by atoms with van der Waals surface area (Å²) in [4.78, 5) is 20.4. The summed E-state index contributed by atoms with van der Waals surface area (Å²) >= 11 is 6.47. The van der Waals surface area contributed by atoms with Crippen LogP contribution < -0.4 is 14.8 Å². The van der Waals surface area contributed by atoms with Crippen molar-refractivity contribution < 1.29 is 14.3 Å². The molecule has 1 aromatic heterocycles. The lowest BCUT2D eigenvalue weighted by Gasteiger charge is -2.23. The Morgan fingerprint density at radius 1 is 1.09 bits per heavy atom. The Hall–Kier alpha value is -3.14. The average Bonchev–Trinajstić information content (AvgIpc) is 3.68. The highest BCUT2D eigenvalue weighted by Gasteiger charge is 2.24. The number of ketones is 1. The number of pyridine rings is 1. The SMILES string of the molecule is [C-]#[N+]c1cc2c(Oc3ccc(CC(=O)CC4CC4)c(Cl)c3)ccnc2cc1OCC1CCNCC1. The van der Waals surface area contributed by atoms with E-state index in [1.807, 2.05) is 18.2 Å². The molecule has 2 heterocycles. The van der Waals surface area contributed by atoms with Crippen molar-refractivity contribution in [2.45, 2.75) is 38.5 Å². The Bertz CT molecular complexity index is 1280. The molecule has 0 bridgehead atoms. The second kappa shape index (κ2) is 10.6. The monoisotopic (exact) mass is 489 g/mol. The van der Waals surface area contributed by atoms with Crippen LogP contribution in [0.3, 0.4) is 0 Å². The zero-order valence-electron chi connectivity index (χ0n) is 19.6. The molecule has 7 heteroatoms. The number of aromatic nitrogens is 1. The molecule has 0 spiro atoms. The molecule has 3 aromatic rings. The Labute approximate surface area is 210 Å². The summed E-state index contributed by atoms with van der Waals surface area (Å²) in [5.74, 6) is 2.99. The van der Waals surface area contributed by atoms with Crippen LogP contribution in [0.25, 0.3) is 15.7 Å². The fraction of sp³-hybridized carbons (Fsp3) is 0.393. The minimum Gasteiger partial charge on any atom is -0.504 e. The van der Waals surface area contributed by atoms with Gasteiger partial charge in [-0.25, -0.2) is 4.85 Å². The number of nitrogens with zero attached hydrogens (tertiary/aromatic N) is 2. The lowest BCUT2D eigenvalue weighted by Crippen LogP contribution is -2.30. The van der Waals surface area contributed by atoms with Crippen molar-refractivity contribution >= 4 is 34.0 Å². The van der Waals surface area contributed by atoms with Crippen LogP contribution in [-0.2, 0) is 11.2 Å². The van der Waals surface area contributed by atoms with E-state index in [2.05, 4.69) is 15.1 Å². The van der Waals surface area contributed by atoms with Crippen molar-refractivity contribution in [1.82, 2.24) is 10.3 Å². The van der Waals surface area contributed by atoms with Crippen LogP contribution in [0.15, 0.2) is 42.6 Å². The first-order valence-electron chi connectivity index (χ1n) is 12.2. The topological polar surface area (TPSA) is 64.8 Å². The quantitative estimate of drug-likeness (QED) is 0.346. The number of benzene rings is 2. The van der Waals surface area contributed by atoms with Gasteiger partial charge >= 0.3 is 0 Å². The van der Waals surface area contributed by atoms with Gasteiger partial charge in [0.25, 0.3) is 0 Å². The number of piperidine rings is 1. The van der Waals surface area contributed by atoms with Crippen molar-refractivity contribution in [1.29, 1.82) is 0 Å². The van der Waals surface area contributed by atoms with Crippen LogP contribution in [0.2, 0.25) is 5.02 Å². The lowest BCUT2D eigenvalue weighted by atomic mass is 9.99. The van der Waals surface area contributed by atoms with Crippen LogP contribution in [0.4, 0.5) is 5.69 Å². The second-order valence-corrected chi connectivity index (χ2v) is 9.89. The van der Waals surface area contributed by atoms with Gasteiger partial charge in [-0.2, -0.15) is 0 Å². The number of nitrogens with one attached hydrogen (secondary N) is 1. The number of carbonyl (C=O) groups excluding carboxylic acids is 1. The molecule has 1 saturated heterocycles. The van der Waals surface area contributed by atoms with Gasteiger partial charge in [0, 0.05) is 29.4 Å². The first-order chi connectivity index (χ1) is 17.1. The van der Waals surface area contributed by atoms with Crippen molar-refractivity contribution in [2.75, 3.05) is 19.7 Å². The highest BCUT2D eigenvalue weighted by Crippen LogP contribution is 2.38. The van der Waals surface area contributed by atoms with Gasteiger partial charge in [-0.1, -0.05) is 17.7 Å². The largest absolute Gasteiger partial charge is 0.504 e. The molecule has 0 unspecified atom stereocenters. The van der Waals surface area contributed by atoms with Gasteiger partial charge in [0.2, 0.25) is 5.69 Å². The summed E-state index contributed by atoms with van der Waals surface area (Å²) in [7, 11) is 0. The van der Waals surface area contributed by atoms with Crippen LogP contribution in [0, 0.1) is 18.4 Å². The lowest BCUT2D eigenvalue weighted by molar-refractivity contribution is -0.118. The number of halogens is 1. The molecule has 6 nitrogen and oxygen atoms in total.